The fourth-order valence-corrected chi connectivity index (χ4v) is 1.95. The molecular formula is C11H8BrNO2. The first-order valence-corrected chi connectivity index (χ1v) is 5.21. The fraction of sp³-hybridized carbons (Fsp3) is 0.0909. The summed E-state index contributed by atoms with van der Waals surface area (Å²) in [6, 6.07) is 9.13. The Hall–Kier alpha value is -1.42. The highest BCUT2D eigenvalue weighted by atomic mass is 79.9. The highest BCUT2D eigenvalue weighted by Gasteiger charge is 2.11. The van der Waals surface area contributed by atoms with Gasteiger partial charge in [-0.25, -0.2) is 0 Å². The summed E-state index contributed by atoms with van der Waals surface area (Å²) in [7, 11) is 0. The maximum atomic E-state index is 10.7. The van der Waals surface area contributed by atoms with Crippen molar-refractivity contribution >= 4 is 32.4 Å². The zero-order valence-electron chi connectivity index (χ0n) is 8.03. The van der Waals surface area contributed by atoms with Gasteiger partial charge in [0.05, 0.1) is 4.92 Å². The van der Waals surface area contributed by atoms with Crippen LogP contribution in [0.15, 0.2) is 34.8 Å². The quantitative estimate of drug-likeness (QED) is 0.581. The van der Waals surface area contributed by atoms with Crippen molar-refractivity contribution in [1.29, 1.82) is 0 Å². The van der Waals surface area contributed by atoms with Crippen LogP contribution in [-0.2, 0) is 0 Å². The molecule has 0 fully saturated rings. The van der Waals surface area contributed by atoms with E-state index in [-0.39, 0.29) is 10.6 Å². The molecule has 0 amide bonds. The summed E-state index contributed by atoms with van der Waals surface area (Å²) in [5.74, 6) is 0. The molecule has 76 valence electrons. The molecule has 4 heteroatoms. The molecule has 0 saturated heterocycles. The van der Waals surface area contributed by atoms with Crippen molar-refractivity contribution in [3.63, 3.8) is 0 Å². The number of hydrogen-bond donors (Lipinski definition) is 0. The Morgan fingerprint density at radius 1 is 1.20 bits per heavy atom. The average Bonchev–Trinajstić information content (AvgIpc) is 2.15. The van der Waals surface area contributed by atoms with Gasteiger partial charge in [-0.1, -0.05) is 22.0 Å². The Bertz CT molecular complexity index is 552. The molecule has 0 aromatic heterocycles. The smallest absolute Gasteiger partial charge is 0.258 e. The number of nitro groups is 1. The van der Waals surface area contributed by atoms with Crippen LogP contribution in [0.2, 0.25) is 0 Å². The van der Waals surface area contributed by atoms with Crippen molar-refractivity contribution in [3.05, 3.63) is 50.5 Å². The highest BCUT2D eigenvalue weighted by Crippen LogP contribution is 2.27. The topological polar surface area (TPSA) is 43.1 Å². The zero-order valence-corrected chi connectivity index (χ0v) is 9.61. The number of benzene rings is 2. The van der Waals surface area contributed by atoms with E-state index in [1.807, 2.05) is 24.3 Å². The predicted molar refractivity (Wildman–Crippen MR) is 63.0 cm³/mol. The lowest BCUT2D eigenvalue weighted by atomic mass is 10.1. The van der Waals surface area contributed by atoms with Gasteiger partial charge in [0.1, 0.15) is 0 Å². The summed E-state index contributed by atoms with van der Waals surface area (Å²) >= 11 is 3.37. The Morgan fingerprint density at radius 3 is 2.60 bits per heavy atom. The molecule has 2 aromatic rings. The summed E-state index contributed by atoms with van der Waals surface area (Å²) in [6.07, 6.45) is 0. The van der Waals surface area contributed by atoms with Crippen molar-refractivity contribution in [2.45, 2.75) is 6.92 Å². The van der Waals surface area contributed by atoms with Crippen molar-refractivity contribution in [2.75, 3.05) is 0 Å². The molecule has 0 aliphatic rings. The largest absolute Gasteiger partial charge is 0.272 e. The number of hydrogen-bond acceptors (Lipinski definition) is 2. The van der Waals surface area contributed by atoms with Crippen molar-refractivity contribution in [3.8, 4) is 0 Å². The van der Waals surface area contributed by atoms with Crippen molar-refractivity contribution in [2.24, 2.45) is 0 Å². The second-order valence-electron chi connectivity index (χ2n) is 3.39. The molecule has 3 nitrogen and oxygen atoms in total. The Labute approximate surface area is 95.0 Å². The number of aryl methyl sites for hydroxylation is 1. The Morgan fingerprint density at radius 2 is 1.93 bits per heavy atom. The molecule has 2 rings (SSSR count). The lowest BCUT2D eigenvalue weighted by molar-refractivity contribution is -0.385. The summed E-state index contributed by atoms with van der Waals surface area (Å²) in [4.78, 5) is 10.4. The summed E-state index contributed by atoms with van der Waals surface area (Å²) < 4.78 is 0.975. The molecule has 0 bridgehead atoms. The van der Waals surface area contributed by atoms with Crippen LogP contribution >= 0.6 is 15.9 Å². The van der Waals surface area contributed by atoms with Crippen LogP contribution in [0.3, 0.4) is 0 Å². The van der Waals surface area contributed by atoms with Crippen molar-refractivity contribution < 1.29 is 4.92 Å². The van der Waals surface area contributed by atoms with Crippen LogP contribution < -0.4 is 0 Å². The first-order chi connectivity index (χ1) is 7.08. The van der Waals surface area contributed by atoms with E-state index in [0.717, 1.165) is 15.2 Å². The van der Waals surface area contributed by atoms with Gasteiger partial charge in [0.15, 0.2) is 0 Å². The van der Waals surface area contributed by atoms with Crippen LogP contribution in [0.1, 0.15) is 5.56 Å². The minimum atomic E-state index is -0.350. The van der Waals surface area contributed by atoms with E-state index >= 15 is 0 Å². The molecule has 0 aliphatic carbocycles. The minimum absolute atomic E-state index is 0.171. The number of nitro benzene ring substituents is 1. The van der Waals surface area contributed by atoms with Gasteiger partial charge in [-0.3, -0.25) is 10.1 Å². The maximum Gasteiger partial charge on any atom is 0.272 e. The lowest BCUT2D eigenvalue weighted by Crippen LogP contribution is -1.91. The van der Waals surface area contributed by atoms with Gasteiger partial charge in [0.25, 0.3) is 5.69 Å². The van der Waals surface area contributed by atoms with Crippen LogP contribution in [-0.4, -0.2) is 4.92 Å². The zero-order chi connectivity index (χ0) is 11.0. The maximum absolute atomic E-state index is 10.7. The van der Waals surface area contributed by atoms with Gasteiger partial charge in [0, 0.05) is 16.1 Å². The number of fused-ring (bicyclic) bond motifs is 1. The molecule has 0 radical (unpaired) electrons. The summed E-state index contributed by atoms with van der Waals surface area (Å²) in [5.41, 5.74) is 0.857. The van der Waals surface area contributed by atoms with E-state index in [1.54, 1.807) is 13.0 Å². The molecule has 0 saturated carbocycles. The van der Waals surface area contributed by atoms with Gasteiger partial charge in [-0.2, -0.15) is 0 Å². The van der Waals surface area contributed by atoms with Crippen LogP contribution in [0, 0.1) is 17.0 Å². The second-order valence-corrected chi connectivity index (χ2v) is 4.30. The van der Waals surface area contributed by atoms with Gasteiger partial charge < -0.3 is 0 Å². The van der Waals surface area contributed by atoms with E-state index in [1.165, 1.54) is 0 Å². The number of nitrogens with zero attached hydrogens (tertiary/aromatic N) is 1. The number of halogens is 1. The van der Waals surface area contributed by atoms with E-state index in [4.69, 9.17) is 0 Å². The first kappa shape index (κ1) is 10.1. The van der Waals surface area contributed by atoms with E-state index in [0.29, 0.717) is 5.56 Å². The highest BCUT2D eigenvalue weighted by molar-refractivity contribution is 9.10. The van der Waals surface area contributed by atoms with Gasteiger partial charge >= 0.3 is 0 Å². The third-order valence-corrected chi connectivity index (χ3v) is 2.81. The second kappa shape index (κ2) is 3.62. The average molecular weight is 266 g/mol. The molecule has 0 atom stereocenters. The van der Waals surface area contributed by atoms with Gasteiger partial charge in [0.2, 0.25) is 0 Å². The third-order valence-electron chi connectivity index (χ3n) is 2.31. The van der Waals surface area contributed by atoms with Crippen molar-refractivity contribution in [1.82, 2.24) is 0 Å². The molecule has 2 aromatic carbocycles. The van der Waals surface area contributed by atoms with Crippen LogP contribution in [0.4, 0.5) is 5.69 Å². The standard InChI is InChI=1S/C11H8BrNO2/c1-7-4-9-5-10(12)3-2-8(9)6-11(7)13(14)15/h2-6H,1H3. The molecule has 0 aliphatic heterocycles. The third kappa shape index (κ3) is 1.85. The van der Waals surface area contributed by atoms with E-state index < -0.39 is 0 Å². The lowest BCUT2D eigenvalue weighted by Gasteiger charge is -2.01. The van der Waals surface area contributed by atoms with Crippen LogP contribution in [0.25, 0.3) is 10.8 Å². The molecule has 0 N–H and O–H groups in total. The minimum Gasteiger partial charge on any atom is -0.258 e. The fourth-order valence-electron chi connectivity index (χ4n) is 1.57. The Balaban J connectivity index is 2.76. The summed E-state index contributed by atoms with van der Waals surface area (Å²) in [6.45, 7) is 1.75. The monoisotopic (exact) mass is 265 g/mol. The van der Waals surface area contributed by atoms with Gasteiger partial charge in [-0.05, 0) is 35.9 Å². The molecule has 0 heterocycles. The summed E-state index contributed by atoms with van der Waals surface area (Å²) in [5, 5.41) is 12.6. The molecule has 0 spiro atoms. The SMILES string of the molecule is Cc1cc2cc(Br)ccc2cc1[N+](=O)[O-]. The van der Waals surface area contributed by atoms with E-state index in [2.05, 4.69) is 15.9 Å². The van der Waals surface area contributed by atoms with Crippen LogP contribution in [0.5, 0.6) is 0 Å². The Kier molecular flexibility index (Phi) is 2.44. The predicted octanol–water partition coefficient (Wildman–Crippen LogP) is 3.82. The molecular weight excluding hydrogens is 258 g/mol. The van der Waals surface area contributed by atoms with E-state index in [9.17, 15) is 10.1 Å². The normalized spacial score (nSPS) is 10.5. The van der Waals surface area contributed by atoms with Gasteiger partial charge in [-0.15, -0.1) is 0 Å². The molecule has 0 unspecified atom stereocenters. The molecule has 15 heavy (non-hydrogen) atoms. The first-order valence-electron chi connectivity index (χ1n) is 4.42. The number of rotatable bonds is 1.